The molecule has 17 heavy (non-hydrogen) atoms. The summed E-state index contributed by atoms with van der Waals surface area (Å²) in [4.78, 5) is 16.8. The molecule has 0 fully saturated rings. The fourth-order valence-electron chi connectivity index (χ4n) is 1.37. The fraction of sp³-hybridized carbons (Fsp3) is 0.231. The second-order valence-corrected chi connectivity index (χ2v) is 5.10. The molecule has 1 aromatic carbocycles. The van der Waals surface area contributed by atoms with Gasteiger partial charge in [-0.2, -0.15) is 0 Å². The molecule has 0 aliphatic carbocycles. The van der Waals surface area contributed by atoms with E-state index in [1.165, 1.54) is 11.3 Å². The predicted octanol–water partition coefficient (Wildman–Crippen LogP) is 3.52. The van der Waals surface area contributed by atoms with E-state index in [-0.39, 0.29) is 5.91 Å². The number of carbonyl (C=O) groups excluding carboxylic acids is 1. The van der Waals surface area contributed by atoms with Gasteiger partial charge in [-0.15, -0.1) is 11.3 Å². The summed E-state index contributed by atoms with van der Waals surface area (Å²) in [6.45, 7) is 4.13. The van der Waals surface area contributed by atoms with Crippen LogP contribution in [-0.4, -0.2) is 10.9 Å². The largest absolute Gasteiger partial charge is 0.321 e. The molecule has 0 saturated carbocycles. The molecule has 1 N–H and O–H groups in total. The van der Waals surface area contributed by atoms with Gasteiger partial charge in [0.15, 0.2) is 0 Å². The van der Waals surface area contributed by atoms with E-state index in [1.54, 1.807) is 6.20 Å². The number of benzene rings is 1. The van der Waals surface area contributed by atoms with Crippen molar-refractivity contribution in [2.75, 3.05) is 5.32 Å². The Kier molecular flexibility index (Phi) is 3.54. The molecule has 0 bridgehead atoms. The van der Waals surface area contributed by atoms with Gasteiger partial charge in [0.1, 0.15) is 4.88 Å². The van der Waals surface area contributed by atoms with Crippen molar-refractivity contribution >= 4 is 22.9 Å². The lowest BCUT2D eigenvalue weighted by Crippen LogP contribution is -2.09. The number of anilines is 1. The van der Waals surface area contributed by atoms with E-state index >= 15 is 0 Å². The van der Waals surface area contributed by atoms with Gasteiger partial charge in [0.2, 0.25) is 0 Å². The number of nitrogens with one attached hydrogen (secondary N) is 1. The molecular formula is C13H14N2OS. The first kappa shape index (κ1) is 11.8. The maximum absolute atomic E-state index is 11.9. The minimum absolute atomic E-state index is 0.0967. The third-order valence-corrected chi connectivity index (χ3v) is 3.57. The van der Waals surface area contributed by atoms with Crippen molar-refractivity contribution in [3.8, 4) is 0 Å². The van der Waals surface area contributed by atoms with Crippen LogP contribution in [0.3, 0.4) is 0 Å². The van der Waals surface area contributed by atoms with Gasteiger partial charge in [-0.1, -0.05) is 32.0 Å². The number of carbonyl (C=O) groups is 1. The van der Waals surface area contributed by atoms with Gasteiger partial charge in [0.25, 0.3) is 5.91 Å². The van der Waals surface area contributed by atoms with Crippen LogP contribution < -0.4 is 5.32 Å². The fourth-order valence-corrected chi connectivity index (χ4v) is 2.19. The van der Waals surface area contributed by atoms with E-state index in [2.05, 4.69) is 24.1 Å². The van der Waals surface area contributed by atoms with Crippen LogP contribution in [0.2, 0.25) is 0 Å². The van der Waals surface area contributed by atoms with E-state index < -0.39 is 0 Å². The van der Waals surface area contributed by atoms with E-state index in [0.29, 0.717) is 10.8 Å². The van der Waals surface area contributed by atoms with E-state index in [0.717, 1.165) is 10.7 Å². The molecule has 0 unspecified atom stereocenters. The van der Waals surface area contributed by atoms with Crippen LogP contribution in [0.4, 0.5) is 5.69 Å². The number of hydrogen-bond acceptors (Lipinski definition) is 3. The minimum atomic E-state index is -0.0967. The summed E-state index contributed by atoms with van der Waals surface area (Å²) in [5.41, 5.74) is 0.803. The highest BCUT2D eigenvalue weighted by Crippen LogP contribution is 2.21. The average molecular weight is 246 g/mol. The van der Waals surface area contributed by atoms with E-state index in [4.69, 9.17) is 0 Å². The van der Waals surface area contributed by atoms with Gasteiger partial charge < -0.3 is 5.32 Å². The van der Waals surface area contributed by atoms with Gasteiger partial charge in [-0.3, -0.25) is 4.79 Å². The molecule has 0 saturated heterocycles. The number of para-hydroxylation sites is 1. The Bertz CT molecular complexity index is 505. The summed E-state index contributed by atoms with van der Waals surface area (Å²) < 4.78 is 0. The van der Waals surface area contributed by atoms with Crippen molar-refractivity contribution in [1.29, 1.82) is 0 Å². The molecular weight excluding hydrogens is 232 g/mol. The zero-order valence-corrected chi connectivity index (χ0v) is 10.6. The molecule has 1 aromatic heterocycles. The molecule has 3 nitrogen and oxygen atoms in total. The third kappa shape index (κ3) is 2.91. The predicted molar refractivity (Wildman–Crippen MR) is 70.6 cm³/mol. The Balaban J connectivity index is 2.10. The van der Waals surface area contributed by atoms with Gasteiger partial charge in [0, 0.05) is 11.6 Å². The molecule has 1 heterocycles. The summed E-state index contributed by atoms with van der Waals surface area (Å²) in [6, 6.07) is 9.42. The van der Waals surface area contributed by atoms with Crippen molar-refractivity contribution in [3.05, 3.63) is 46.4 Å². The summed E-state index contributed by atoms with van der Waals surface area (Å²) in [5.74, 6) is 0.263. The first-order chi connectivity index (χ1) is 8.16. The first-order valence-electron chi connectivity index (χ1n) is 5.49. The van der Waals surface area contributed by atoms with Gasteiger partial charge in [0.05, 0.1) is 11.2 Å². The SMILES string of the molecule is CC(C)c1ncc(C(=O)Nc2ccccc2)s1. The summed E-state index contributed by atoms with van der Waals surface area (Å²) in [7, 11) is 0. The molecule has 2 aromatic rings. The minimum Gasteiger partial charge on any atom is -0.321 e. The molecule has 4 heteroatoms. The Labute approximate surface area is 105 Å². The highest BCUT2D eigenvalue weighted by molar-refractivity contribution is 7.13. The first-order valence-corrected chi connectivity index (χ1v) is 6.30. The number of amides is 1. The summed E-state index contributed by atoms with van der Waals surface area (Å²) in [6.07, 6.45) is 1.64. The maximum Gasteiger partial charge on any atom is 0.267 e. The highest BCUT2D eigenvalue weighted by atomic mass is 32.1. The Hall–Kier alpha value is -1.68. The van der Waals surface area contributed by atoms with Crippen molar-refractivity contribution in [2.24, 2.45) is 0 Å². The normalized spacial score (nSPS) is 10.5. The highest BCUT2D eigenvalue weighted by Gasteiger charge is 2.12. The van der Waals surface area contributed by atoms with Crippen LogP contribution >= 0.6 is 11.3 Å². The third-order valence-electron chi connectivity index (χ3n) is 2.27. The number of nitrogens with zero attached hydrogens (tertiary/aromatic N) is 1. The lowest BCUT2D eigenvalue weighted by atomic mass is 10.2. The molecule has 0 atom stereocenters. The standard InChI is InChI=1S/C13H14N2OS/c1-9(2)13-14-8-11(17-13)12(16)15-10-6-4-3-5-7-10/h3-9H,1-2H3,(H,15,16). The van der Waals surface area contributed by atoms with Crippen molar-refractivity contribution < 1.29 is 4.79 Å². The van der Waals surface area contributed by atoms with Gasteiger partial charge in [-0.25, -0.2) is 4.98 Å². The topological polar surface area (TPSA) is 42.0 Å². The molecule has 0 aliphatic rings. The van der Waals surface area contributed by atoms with E-state index in [9.17, 15) is 4.79 Å². The average Bonchev–Trinajstić information content (AvgIpc) is 2.79. The van der Waals surface area contributed by atoms with Crippen LogP contribution in [-0.2, 0) is 0 Å². The summed E-state index contributed by atoms with van der Waals surface area (Å²) >= 11 is 1.45. The number of aromatic nitrogens is 1. The van der Waals surface area contributed by atoms with Crippen molar-refractivity contribution in [2.45, 2.75) is 19.8 Å². The lowest BCUT2D eigenvalue weighted by molar-refractivity contribution is 0.103. The Morgan fingerprint density at radius 2 is 2.00 bits per heavy atom. The van der Waals surface area contributed by atoms with Crippen LogP contribution in [0.15, 0.2) is 36.5 Å². The molecule has 0 radical (unpaired) electrons. The van der Waals surface area contributed by atoms with Gasteiger partial charge in [-0.05, 0) is 12.1 Å². The molecule has 2 rings (SSSR count). The van der Waals surface area contributed by atoms with Crippen LogP contribution in [0, 0.1) is 0 Å². The van der Waals surface area contributed by atoms with Crippen LogP contribution in [0.25, 0.3) is 0 Å². The molecule has 0 aliphatic heterocycles. The monoisotopic (exact) mass is 246 g/mol. The van der Waals surface area contributed by atoms with Crippen LogP contribution in [0.5, 0.6) is 0 Å². The molecule has 0 spiro atoms. The second kappa shape index (κ2) is 5.10. The van der Waals surface area contributed by atoms with E-state index in [1.807, 2.05) is 30.3 Å². The lowest BCUT2D eigenvalue weighted by Gasteiger charge is -2.02. The van der Waals surface area contributed by atoms with Crippen LogP contribution in [0.1, 0.15) is 34.4 Å². The maximum atomic E-state index is 11.9. The van der Waals surface area contributed by atoms with Crippen molar-refractivity contribution in [3.63, 3.8) is 0 Å². The second-order valence-electron chi connectivity index (χ2n) is 4.04. The number of hydrogen-bond donors (Lipinski definition) is 1. The Morgan fingerprint density at radius 3 is 2.59 bits per heavy atom. The molecule has 88 valence electrons. The smallest absolute Gasteiger partial charge is 0.267 e. The van der Waals surface area contributed by atoms with Crippen molar-refractivity contribution in [1.82, 2.24) is 4.98 Å². The van der Waals surface area contributed by atoms with Gasteiger partial charge >= 0.3 is 0 Å². The Morgan fingerprint density at radius 1 is 1.29 bits per heavy atom. The molecule has 1 amide bonds. The number of thiazole rings is 1. The zero-order valence-electron chi connectivity index (χ0n) is 9.81. The number of rotatable bonds is 3. The quantitative estimate of drug-likeness (QED) is 0.900. The summed E-state index contributed by atoms with van der Waals surface area (Å²) in [5, 5.41) is 3.83. The zero-order chi connectivity index (χ0) is 12.3.